The maximum atomic E-state index is 17.0. The Morgan fingerprint density at radius 1 is 1.31 bits per heavy atom. The molecule has 4 aliphatic rings. The summed E-state index contributed by atoms with van der Waals surface area (Å²) >= 11 is 0. The van der Waals surface area contributed by atoms with Crippen LogP contribution in [0.15, 0.2) is 23.8 Å². The van der Waals surface area contributed by atoms with Gasteiger partial charge in [-0.1, -0.05) is 25.5 Å². The number of hydrogen-bond donors (Lipinski definition) is 4. The molecule has 32 heavy (non-hydrogen) atoms. The van der Waals surface area contributed by atoms with Gasteiger partial charge in [0.25, 0.3) is 0 Å². The van der Waals surface area contributed by atoms with E-state index in [1.807, 2.05) is 0 Å². The molecule has 0 aromatic rings. The van der Waals surface area contributed by atoms with Gasteiger partial charge in [-0.2, -0.15) is 14.3 Å². The number of alkyl halides is 1. The summed E-state index contributed by atoms with van der Waals surface area (Å²) in [6.45, 7) is 5.58. The van der Waals surface area contributed by atoms with E-state index in [4.69, 9.17) is 4.52 Å². The zero-order chi connectivity index (χ0) is 23.9. The average molecular weight is 471 g/mol. The van der Waals surface area contributed by atoms with Crippen LogP contribution in [-0.2, 0) is 14.1 Å². The van der Waals surface area contributed by atoms with Crippen LogP contribution >= 0.6 is 7.94 Å². The Balaban J connectivity index is 1.73. The van der Waals surface area contributed by atoms with Crippen LogP contribution in [0.5, 0.6) is 0 Å². The third-order valence-electron chi connectivity index (χ3n) is 9.09. The first-order valence-electron chi connectivity index (χ1n) is 11.1. The molecule has 0 aromatic carbocycles. The molecule has 9 heteroatoms. The van der Waals surface area contributed by atoms with Crippen LogP contribution in [0.4, 0.5) is 4.39 Å². The Morgan fingerprint density at radius 3 is 2.59 bits per heavy atom. The molecule has 8 atom stereocenters. The van der Waals surface area contributed by atoms with Gasteiger partial charge >= 0.3 is 7.94 Å². The van der Waals surface area contributed by atoms with E-state index < -0.39 is 60.4 Å². The molecule has 0 heterocycles. The highest BCUT2D eigenvalue weighted by molar-refractivity contribution is 7.58. The number of hydrogen-bond acceptors (Lipinski definition) is 7. The van der Waals surface area contributed by atoms with E-state index in [1.165, 1.54) is 12.2 Å². The van der Waals surface area contributed by atoms with E-state index in [9.17, 15) is 29.6 Å². The number of halogens is 1. The van der Waals surface area contributed by atoms with E-state index in [0.717, 1.165) is 6.66 Å². The average Bonchev–Trinajstić information content (AvgIpc) is 2.89. The topological polar surface area (TPSA) is 124 Å². The maximum absolute atomic E-state index is 17.0. The number of carbonyl (C=O) groups excluding carboxylic acids is 2. The lowest BCUT2D eigenvalue weighted by atomic mass is 9.44. The SMILES string of the molecule is C[C@@H]1CC2C3CCC4=CC(=O)C=CC4(C)[C@@]3(F)C(O)CC2(C)[C@@]1(O)C(=O)CO[P+](C)(O)O. The van der Waals surface area contributed by atoms with Gasteiger partial charge in [0.2, 0.25) is 0 Å². The second-order valence-electron chi connectivity index (χ2n) is 10.7. The van der Waals surface area contributed by atoms with Crippen LogP contribution < -0.4 is 0 Å². The lowest BCUT2D eigenvalue weighted by Gasteiger charge is -2.62. The molecular weight excluding hydrogens is 438 g/mol. The number of aliphatic hydroxyl groups excluding tert-OH is 1. The van der Waals surface area contributed by atoms with Gasteiger partial charge in [0, 0.05) is 16.7 Å². The van der Waals surface area contributed by atoms with Crippen molar-refractivity contribution in [2.45, 2.75) is 63.8 Å². The van der Waals surface area contributed by atoms with E-state index >= 15 is 4.39 Å². The van der Waals surface area contributed by atoms with Gasteiger partial charge in [-0.3, -0.25) is 9.59 Å². The summed E-state index contributed by atoms with van der Waals surface area (Å²) in [5.41, 5.74) is -5.51. The van der Waals surface area contributed by atoms with Gasteiger partial charge < -0.3 is 10.2 Å². The Morgan fingerprint density at radius 2 is 1.97 bits per heavy atom. The Kier molecular flexibility index (Phi) is 5.45. The van der Waals surface area contributed by atoms with E-state index in [1.54, 1.807) is 26.8 Å². The molecule has 178 valence electrons. The molecule has 0 amide bonds. The van der Waals surface area contributed by atoms with Gasteiger partial charge in [0.15, 0.2) is 23.8 Å². The van der Waals surface area contributed by atoms with Crippen LogP contribution in [0.3, 0.4) is 0 Å². The number of rotatable bonds is 4. The summed E-state index contributed by atoms with van der Waals surface area (Å²) < 4.78 is 22.0. The number of allylic oxidation sites excluding steroid dienone is 4. The van der Waals surface area contributed by atoms with Crippen molar-refractivity contribution in [1.29, 1.82) is 0 Å². The third-order valence-corrected chi connectivity index (χ3v) is 9.71. The van der Waals surface area contributed by atoms with Crippen molar-refractivity contribution >= 4 is 19.5 Å². The number of carbonyl (C=O) groups is 2. The van der Waals surface area contributed by atoms with E-state index in [-0.39, 0.29) is 18.1 Å². The number of fused-ring (bicyclic) bond motifs is 5. The van der Waals surface area contributed by atoms with E-state index in [0.29, 0.717) is 24.8 Å². The molecule has 4 N–H and O–H groups in total. The minimum Gasteiger partial charge on any atom is -0.390 e. The molecule has 0 radical (unpaired) electrons. The summed E-state index contributed by atoms with van der Waals surface area (Å²) in [5.74, 6) is -2.40. The van der Waals surface area contributed by atoms with Crippen molar-refractivity contribution in [3.05, 3.63) is 23.8 Å². The highest BCUT2D eigenvalue weighted by Crippen LogP contribution is 2.70. The first kappa shape index (κ1) is 24.1. The number of Topliss-reactive ketones (excluding diaryl/α,β-unsaturated/α-hetero) is 1. The van der Waals surface area contributed by atoms with Crippen molar-refractivity contribution in [2.75, 3.05) is 13.3 Å². The monoisotopic (exact) mass is 471 g/mol. The fourth-order valence-electron chi connectivity index (χ4n) is 7.43. The highest BCUT2D eigenvalue weighted by atomic mass is 31.2. The smallest absolute Gasteiger partial charge is 0.390 e. The normalized spacial score (nSPS) is 48.0. The van der Waals surface area contributed by atoms with Crippen molar-refractivity contribution in [3.63, 3.8) is 0 Å². The zero-order valence-electron chi connectivity index (χ0n) is 18.9. The molecule has 4 aliphatic carbocycles. The molecule has 0 saturated heterocycles. The minimum atomic E-state index is -3.68. The summed E-state index contributed by atoms with van der Waals surface area (Å²) in [6, 6.07) is 0. The first-order chi connectivity index (χ1) is 14.6. The molecule has 3 fully saturated rings. The molecule has 0 aliphatic heterocycles. The van der Waals surface area contributed by atoms with Crippen molar-refractivity contribution in [1.82, 2.24) is 0 Å². The van der Waals surface area contributed by atoms with Crippen molar-refractivity contribution in [2.24, 2.45) is 28.6 Å². The van der Waals surface area contributed by atoms with Crippen LogP contribution in [0.1, 0.15) is 46.5 Å². The van der Waals surface area contributed by atoms with Gasteiger partial charge in [-0.05, 0) is 56.6 Å². The van der Waals surface area contributed by atoms with Gasteiger partial charge in [0.05, 0.1) is 6.10 Å². The van der Waals surface area contributed by atoms with Crippen molar-refractivity contribution < 1.29 is 38.5 Å². The summed E-state index contributed by atoms with van der Waals surface area (Å²) in [5, 5.41) is 23.0. The standard InChI is InChI=1S/C23H33FO7P/c1-13-9-17-16-6-5-14-10-15(25)7-8-20(14,2)22(16,24)18(26)11-21(17,3)23(13,28)19(27)12-31-32(4,29)30/h7-8,10,13,16-18,26,28-30H,5-6,9,11-12H2,1-4H3/q+1/t13-,16?,17?,18?,20?,21?,22+,23+/m1/s1. The Labute approximate surface area is 187 Å². The number of aliphatic hydroxyl groups is 2. The second-order valence-corrected chi connectivity index (χ2v) is 12.6. The molecule has 5 unspecified atom stereocenters. The van der Waals surface area contributed by atoms with Gasteiger partial charge in [-0.25, -0.2) is 4.39 Å². The maximum Gasteiger partial charge on any atom is 0.403 e. The second kappa shape index (κ2) is 7.24. The van der Waals surface area contributed by atoms with Crippen LogP contribution in [0.2, 0.25) is 0 Å². The molecule has 0 spiro atoms. The molecule has 3 saturated carbocycles. The summed E-state index contributed by atoms with van der Waals surface area (Å²) in [6.07, 6.45) is 4.10. The quantitative estimate of drug-likeness (QED) is 0.464. The van der Waals surface area contributed by atoms with E-state index in [2.05, 4.69) is 0 Å². The van der Waals surface area contributed by atoms with Crippen LogP contribution in [0, 0.1) is 28.6 Å². The Bertz CT molecular complexity index is 913. The lowest BCUT2D eigenvalue weighted by Crippen LogP contribution is -2.69. The van der Waals surface area contributed by atoms with Crippen molar-refractivity contribution in [3.8, 4) is 0 Å². The zero-order valence-corrected chi connectivity index (χ0v) is 19.8. The number of ketones is 2. The summed E-state index contributed by atoms with van der Waals surface area (Å²) in [7, 11) is -3.68. The fraction of sp³-hybridized carbons (Fsp3) is 0.739. The molecule has 4 rings (SSSR count). The fourth-order valence-corrected chi connectivity index (χ4v) is 7.79. The highest BCUT2D eigenvalue weighted by Gasteiger charge is 2.75. The third kappa shape index (κ3) is 3.00. The molecular formula is C23H33FO7P+. The largest absolute Gasteiger partial charge is 0.403 e. The predicted molar refractivity (Wildman–Crippen MR) is 116 cm³/mol. The first-order valence-corrected chi connectivity index (χ1v) is 13.2. The predicted octanol–water partition coefficient (Wildman–Crippen LogP) is 2.30. The molecule has 0 bridgehead atoms. The minimum absolute atomic E-state index is 0.132. The summed E-state index contributed by atoms with van der Waals surface area (Å²) in [4.78, 5) is 44.1. The van der Waals surface area contributed by atoms with Gasteiger partial charge in [-0.15, -0.1) is 0 Å². The van der Waals surface area contributed by atoms with Crippen LogP contribution in [0.25, 0.3) is 0 Å². The van der Waals surface area contributed by atoms with Gasteiger partial charge in [0.1, 0.15) is 12.3 Å². The molecule has 0 aromatic heterocycles. The lowest BCUT2D eigenvalue weighted by molar-refractivity contribution is -0.219. The molecule has 7 nitrogen and oxygen atoms in total. The Hall–Kier alpha value is -1.02. The van der Waals surface area contributed by atoms with Crippen LogP contribution in [-0.4, -0.2) is 62.2 Å².